The normalized spacial score (nSPS) is 17.9. The topological polar surface area (TPSA) is 9.23 Å². The van der Waals surface area contributed by atoms with Gasteiger partial charge in [-0.2, -0.15) is 0 Å². The Hall–Kier alpha value is -1.28. The highest BCUT2D eigenvalue weighted by Gasteiger charge is 2.25. The Morgan fingerprint density at radius 3 is 2.69 bits per heavy atom. The van der Waals surface area contributed by atoms with Crippen molar-refractivity contribution in [3.8, 4) is 5.75 Å². The second-order valence-electron chi connectivity index (χ2n) is 3.96. The summed E-state index contributed by atoms with van der Waals surface area (Å²) in [4.78, 5) is 0. The lowest BCUT2D eigenvalue weighted by atomic mass is 9.93. The minimum atomic E-state index is 0.379. The smallest absolute Gasteiger partial charge is 0.124 e. The van der Waals surface area contributed by atoms with E-state index in [0.29, 0.717) is 5.92 Å². The zero-order valence-electron chi connectivity index (χ0n) is 8.69. The van der Waals surface area contributed by atoms with E-state index in [1.807, 2.05) is 12.1 Å². The molecule has 2 heteroatoms. The Morgan fingerprint density at radius 2 is 1.88 bits per heavy atom. The molecule has 0 spiro atoms. The van der Waals surface area contributed by atoms with Crippen LogP contribution in [0.15, 0.2) is 53.0 Å². The fourth-order valence-electron chi connectivity index (χ4n) is 2.15. The van der Waals surface area contributed by atoms with E-state index in [-0.39, 0.29) is 0 Å². The molecule has 1 aliphatic rings. The van der Waals surface area contributed by atoms with Gasteiger partial charge >= 0.3 is 0 Å². The average Bonchev–Trinajstić information content (AvgIpc) is 2.73. The van der Waals surface area contributed by atoms with Crippen LogP contribution in [-0.2, 0) is 0 Å². The maximum Gasteiger partial charge on any atom is 0.124 e. The predicted octanol–water partition coefficient (Wildman–Crippen LogP) is 3.97. The number of hydrogen-bond acceptors (Lipinski definition) is 1. The molecule has 80 valence electrons. The van der Waals surface area contributed by atoms with E-state index in [2.05, 4.69) is 52.3 Å². The third-order valence-electron chi connectivity index (χ3n) is 2.96. The predicted molar refractivity (Wildman–Crippen MR) is 67.9 cm³/mol. The minimum absolute atomic E-state index is 0.379. The second kappa shape index (κ2) is 3.95. The quantitative estimate of drug-likeness (QED) is 0.765. The van der Waals surface area contributed by atoms with Crippen LogP contribution in [-0.4, -0.2) is 6.61 Å². The molecule has 0 saturated carbocycles. The molecule has 3 rings (SSSR count). The van der Waals surface area contributed by atoms with E-state index >= 15 is 0 Å². The van der Waals surface area contributed by atoms with Crippen molar-refractivity contribution in [2.45, 2.75) is 5.92 Å². The molecule has 0 fully saturated rings. The average molecular weight is 275 g/mol. The zero-order valence-corrected chi connectivity index (χ0v) is 10.3. The van der Waals surface area contributed by atoms with Gasteiger partial charge in [-0.1, -0.05) is 52.3 Å². The summed E-state index contributed by atoms with van der Waals surface area (Å²) in [6, 6.07) is 16.8. The van der Waals surface area contributed by atoms with Crippen LogP contribution in [0.2, 0.25) is 0 Å². The van der Waals surface area contributed by atoms with Crippen LogP contribution in [0.5, 0.6) is 5.75 Å². The van der Waals surface area contributed by atoms with Crippen molar-refractivity contribution >= 4 is 15.9 Å². The molecular formula is C14H11BrO. The van der Waals surface area contributed by atoms with Crippen LogP contribution in [0.4, 0.5) is 0 Å². The molecule has 0 aliphatic carbocycles. The molecule has 1 heterocycles. The Labute approximate surface area is 103 Å². The van der Waals surface area contributed by atoms with E-state index in [1.54, 1.807) is 0 Å². The fourth-order valence-corrected chi connectivity index (χ4v) is 2.49. The summed E-state index contributed by atoms with van der Waals surface area (Å²) >= 11 is 3.46. The van der Waals surface area contributed by atoms with Crippen molar-refractivity contribution in [1.29, 1.82) is 0 Å². The van der Waals surface area contributed by atoms with Crippen LogP contribution >= 0.6 is 15.9 Å². The van der Waals surface area contributed by atoms with E-state index in [9.17, 15) is 0 Å². The first-order valence-electron chi connectivity index (χ1n) is 5.32. The summed E-state index contributed by atoms with van der Waals surface area (Å²) in [7, 11) is 0. The van der Waals surface area contributed by atoms with Crippen LogP contribution in [0.3, 0.4) is 0 Å². The first kappa shape index (κ1) is 9.91. The number of halogens is 1. The molecule has 0 aromatic heterocycles. The summed E-state index contributed by atoms with van der Waals surface area (Å²) in [5.74, 6) is 1.38. The van der Waals surface area contributed by atoms with Crippen molar-refractivity contribution < 1.29 is 4.74 Å². The van der Waals surface area contributed by atoms with Crippen LogP contribution in [0, 0.1) is 0 Å². The van der Waals surface area contributed by atoms with Gasteiger partial charge < -0.3 is 4.74 Å². The summed E-state index contributed by atoms with van der Waals surface area (Å²) in [5.41, 5.74) is 2.61. The third-order valence-corrected chi connectivity index (χ3v) is 3.45. The Morgan fingerprint density at radius 1 is 1.06 bits per heavy atom. The van der Waals surface area contributed by atoms with Gasteiger partial charge in [0.05, 0.1) is 6.61 Å². The molecule has 1 unspecified atom stereocenters. The van der Waals surface area contributed by atoms with Gasteiger partial charge in [0.15, 0.2) is 0 Å². The molecule has 16 heavy (non-hydrogen) atoms. The van der Waals surface area contributed by atoms with Gasteiger partial charge in [-0.3, -0.25) is 0 Å². The Bertz CT molecular complexity index is 507. The van der Waals surface area contributed by atoms with Crippen molar-refractivity contribution in [3.05, 3.63) is 64.1 Å². The molecule has 0 amide bonds. The van der Waals surface area contributed by atoms with Crippen molar-refractivity contribution in [3.63, 3.8) is 0 Å². The highest BCUT2D eigenvalue weighted by Crippen LogP contribution is 2.39. The maximum absolute atomic E-state index is 5.72. The van der Waals surface area contributed by atoms with E-state index < -0.39 is 0 Å². The summed E-state index contributed by atoms with van der Waals surface area (Å²) in [6.07, 6.45) is 0. The number of benzene rings is 2. The van der Waals surface area contributed by atoms with Gasteiger partial charge in [0, 0.05) is 16.0 Å². The number of hydrogen-bond donors (Lipinski definition) is 0. The molecule has 1 nitrogen and oxygen atoms in total. The first-order valence-corrected chi connectivity index (χ1v) is 6.11. The standard InChI is InChI=1S/C14H11BrO/c15-11-6-7-12-13(9-16-14(12)8-11)10-4-2-1-3-5-10/h1-8,13H,9H2. The van der Waals surface area contributed by atoms with Gasteiger partial charge in [0.25, 0.3) is 0 Å². The molecule has 0 N–H and O–H groups in total. The third kappa shape index (κ3) is 1.63. The number of rotatable bonds is 1. The largest absolute Gasteiger partial charge is 0.492 e. The van der Waals surface area contributed by atoms with Crippen molar-refractivity contribution in [2.75, 3.05) is 6.61 Å². The summed E-state index contributed by atoms with van der Waals surface area (Å²) < 4.78 is 6.79. The van der Waals surface area contributed by atoms with E-state index in [1.165, 1.54) is 11.1 Å². The SMILES string of the molecule is Brc1ccc2c(c1)OCC2c1ccccc1. The van der Waals surface area contributed by atoms with Gasteiger partial charge in [-0.15, -0.1) is 0 Å². The molecule has 2 aromatic rings. The highest BCUT2D eigenvalue weighted by atomic mass is 79.9. The first-order chi connectivity index (χ1) is 7.84. The molecule has 0 radical (unpaired) electrons. The second-order valence-corrected chi connectivity index (χ2v) is 4.87. The van der Waals surface area contributed by atoms with Crippen LogP contribution in [0.25, 0.3) is 0 Å². The minimum Gasteiger partial charge on any atom is -0.492 e. The summed E-state index contributed by atoms with van der Waals surface area (Å²) in [6.45, 7) is 0.746. The lowest BCUT2D eigenvalue weighted by Gasteiger charge is -2.08. The number of fused-ring (bicyclic) bond motifs is 1. The summed E-state index contributed by atoms with van der Waals surface area (Å²) in [5, 5.41) is 0. The van der Waals surface area contributed by atoms with E-state index in [4.69, 9.17) is 4.74 Å². The number of ether oxygens (including phenoxy) is 1. The maximum atomic E-state index is 5.72. The zero-order chi connectivity index (χ0) is 11.0. The Balaban J connectivity index is 2.04. The van der Waals surface area contributed by atoms with Gasteiger partial charge in [0.1, 0.15) is 5.75 Å². The van der Waals surface area contributed by atoms with Crippen LogP contribution < -0.4 is 4.74 Å². The lowest BCUT2D eigenvalue weighted by Crippen LogP contribution is -2.01. The van der Waals surface area contributed by atoms with Gasteiger partial charge in [-0.05, 0) is 17.7 Å². The molecule has 1 aliphatic heterocycles. The fraction of sp³-hybridized carbons (Fsp3) is 0.143. The van der Waals surface area contributed by atoms with Crippen molar-refractivity contribution in [1.82, 2.24) is 0 Å². The molecule has 1 atom stereocenters. The molecule has 2 aromatic carbocycles. The Kier molecular flexibility index (Phi) is 2.44. The lowest BCUT2D eigenvalue weighted by molar-refractivity contribution is 0.343. The monoisotopic (exact) mass is 274 g/mol. The highest BCUT2D eigenvalue weighted by molar-refractivity contribution is 9.10. The van der Waals surface area contributed by atoms with Crippen molar-refractivity contribution in [2.24, 2.45) is 0 Å². The molecular weight excluding hydrogens is 264 g/mol. The molecule has 0 saturated heterocycles. The van der Waals surface area contributed by atoms with Gasteiger partial charge in [-0.25, -0.2) is 0 Å². The molecule has 0 bridgehead atoms. The van der Waals surface area contributed by atoms with Gasteiger partial charge in [0.2, 0.25) is 0 Å². The van der Waals surface area contributed by atoms with E-state index in [0.717, 1.165) is 16.8 Å². The van der Waals surface area contributed by atoms with Crippen LogP contribution in [0.1, 0.15) is 17.0 Å².